The Morgan fingerprint density at radius 3 is 2.58 bits per heavy atom. The summed E-state index contributed by atoms with van der Waals surface area (Å²) in [4.78, 5) is 25.9. The largest absolute Gasteiger partial charge is 0.341 e. The molecule has 2 heterocycles. The second-order valence-electron chi connectivity index (χ2n) is 5.84. The quantitative estimate of drug-likeness (QED) is 0.907. The van der Waals surface area contributed by atoms with E-state index in [9.17, 15) is 14.0 Å². The van der Waals surface area contributed by atoms with Crippen LogP contribution in [0, 0.1) is 11.7 Å². The fraction of sp³-hybridized carbons (Fsp3) is 0.353. The van der Waals surface area contributed by atoms with Crippen molar-refractivity contribution in [3.05, 3.63) is 47.9 Å². The van der Waals surface area contributed by atoms with Gasteiger partial charge in [-0.2, -0.15) is 5.10 Å². The minimum absolute atomic E-state index is 0.0547. The summed E-state index contributed by atoms with van der Waals surface area (Å²) in [6.45, 7) is 3.51. The van der Waals surface area contributed by atoms with E-state index in [1.807, 2.05) is 6.92 Å². The normalized spacial score (nSPS) is 14.3. The third kappa shape index (κ3) is 3.61. The van der Waals surface area contributed by atoms with Gasteiger partial charge in [0.05, 0.1) is 12.3 Å². The minimum Gasteiger partial charge on any atom is -0.341 e. The van der Waals surface area contributed by atoms with Crippen LogP contribution in [0.3, 0.4) is 0 Å². The average molecular weight is 330 g/mol. The van der Waals surface area contributed by atoms with E-state index in [4.69, 9.17) is 0 Å². The van der Waals surface area contributed by atoms with Gasteiger partial charge in [0, 0.05) is 31.9 Å². The molecule has 0 aliphatic carbocycles. The number of hydrogen-bond acceptors (Lipinski definition) is 3. The molecule has 0 saturated carbocycles. The number of aryl methyl sites for hydroxylation is 1. The Balaban J connectivity index is 1.46. The third-order valence-electron chi connectivity index (χ3n) is 4.09. The SMILES string of the molecule is CCn1ccc(NC(=O)C2CN(C(=O)Cc3ccc(F)cc3)C2)n1. The third-order valence-corrected chi connectivity index (χ3v) is 4.09. The molecule has 0 radical (unpaired) electrons. The number of hydrogen-bond donors (Lipinski definition) is 1. The van der Waals surface area contributed by atoms with Crippen molar-refractivity contribution < 1.29 is 14.0 Å². The van der Waals surface area contributed by atoms with Gasteiger partial charge in [0.2, 0.25) is 11.8 Å². The van der Waals surface area contributed by atoms with Crippen LogP contribution in [0.5, 0.6) is 0 Å². The lowest BCUT2D eigenvalue weighted by Crippen LogP contribution is -2.54. The Morgan fingerprint density at radius 2 is 1.96 bits per heavy atom. The van der Waals surface area contributed by atoms with Crippen LogP contribution < -0.4 is 5.32 Å². The zero-order valence-electron chi connectivity index (χ0n) is 13.4. The summed E-state index contributed by atoms with van der Waals surface area (Å²) in [5.74, 6) is -0.188. The van der Waals surface area contributed by atoms with E-state index in [1.165, 1.54) is 12.1 Å². The molecular weight excluding hydrogens is 311 g/mol. The fourth-order valence-corrected chi connectivity index (χ4v) is 2.57. The number of halogens is 1. The minimum atomic E-state index is -0.322. The maximum atomic E-state index is 12.9. The number of carbonyl (C=O) groups is 2. The van der Waals surface area contributed by atoms with E-state index in [0.29, 0.717) is 18.9 Å². The monoisotopic (exact) mass is 330 g/mol. The van der Waals surface area contributed by atoms with Crippen molar-refractivity contribution in [2.45, 2.75) is 19.9 Å². The lowest BCUT2D eigenvalue weighted by atomic mass is 9.98. The predicted octanol–water partition coefficient (Wildman–Crippen LogP) is 1.68. The first-order chi connectivity index (χ1) is 11.5. The number of benzene rings is 1. The molecule has 2 amide bonds. The van der Waals surface area contributed by atoms with Crippen molar-refractivity contribution >= 4 is 17.6 Å². The summed E-state index contributed by atoms with van der Waals surface area (Å²) in [5, 5.41) is 6.96. The van der Waals surface area contributed by atoms with Crippen molar-refractivity contribution in [2.75, 3.05) is 18.4 Å². The molecule has 126 valence electrons. The number of rotatable bonds is 5. The highest BCUT2D eigenvalue weighted by Crippen LogP contribution is 2.19. The van der Waals surface area contributed by atoms with Crippen LogP contribution in [0.2, 0.25) is 0 Å². The molecule has 6 nitrogen and oxygen atoms in total. The van der Waals surface area contributed by atoms with Crippen molar-refractivity contribution in [1.29, 1.82) is 0 Å². The smallest absolute Gasteiger partial charge is 0.232 e. The van der Waals surface area contributed by atoms with Crippen LogP contribution in [-0.4, -0.2) is 39.6 Å². The number of amides is 2. The van der Waals surface area contributed by atoms with Crippen LogP contribution in [0.15, 0.2) is 36.5 Å². The summed E-state index contributed by atoms with van der Waals surface area (Å²) in [6.07, 6.45) is 2.02. The standard InChI is InChI=1S/C17H19FN4O2/c1-2-22-8-7-15(20-22)19-17(24)13-10-21(11-13)16(23)9-12-3-5-14(18)6-4-12/h3-8,13H,2,9-11H2,1H3,(H,19,20,24). The van der Waals surface area contributed by atoms with Gasteiger partial charge in [-0.1, -0.05) is 12.1 Å². The highest BCUT2D eigenvalue weighted by Gasteiger charge is 2.35. The summed E-state index contributed by atoms with van der Waals surface area (Å²) in [7, 11) is 0. The molecule has 1 aliphatic heterocycles. The van der Waals surface area contributed by atoms with Crippen LogP contribution >= 0.6 is 0 Å². The summed E-state index contributed by atoms with van der Waals surface area (Å²) in [5.41, 5.74) is 0.763. The van der Waals surface area contributed by atoms with E-state index in [0.717, 1.165) is 12.1 Å². The molecule has 2 aromatic rings. The second-order valence-corrected chi connectivity index (χ2v) is 5.84. The Hall–Kier alpha value is -2.70. The van der Waals surface area contributed by atoms with Crippen LogP contribution in [0.4, 0.5) is 10.2 Å². The van der Waals surface area contributed by atoms with Gasteiger partial charge in [-0.15, -0.1) is 0 Å². The molecule has 0 spiro atoms. The summed E-state index contributed by atoms with van der Waals surface area (Å²) in [6, 6.07) is 7.62. The van der Waals surface area contributed by atoms with Gasteiger partial charge in [-0.3, -0.25) is 14.3 Å². The Bertz CT molecular complexity index is 735. The highest BCUT2D eigenvalue weighted by molar-refractivity contribution is 5.94. The molecule has 0 atom stereocenters. The molecule has 1 aromatic carbocycles. The Morgan fingerprint density at radius 1 is 1.25 bits per heavy atom. The number of nitrogens with one attached hydrogen (secondary N) is 1. The van der Waals surface area contributed by atoms with Crippen molar-refractivity contribution in [3.8, 4) is 0 Å². The molecule has 1 saturated heterocycles. The average Bonchev–Trinajstić information content (AvgIpc) is 2.95. The molecule has 3 rings (SSSR count). The van der Waals surface area contributed by atoms with Crippen molar-refractivity contribution in [3.63, 3.8) is 0 Å². The van der Waals surface area contributed by atoms with Gasteiger partial charge in [-0.05, 0) is 24.6 Å². The van der Waals surface area contributed by atoms with Crippen molar-refractivity contribution in [1.82, 2.24) is 14.7 Å². The molecule has 1 aliphatic rings. The molecular formula is C17H19FN4O2. The van der Waals surface area contributed by atoms with Crippen molar-refractivity contribution in [2.24, 2.45) is 5.92 Å². The Labute approximate surface area is 139 Å². The van der Waals surface area contributed by atoms with Crippen LogP contribution in [0.25, 0.3) is 0 Å². The van der Waals surface area contributed by atoms with Gasteiger partial charge in [0.1, 0.15) is 5.82 Å². The van der Waals surface area contributed by atoms with E-state index >= 15 is 0 Å². The summed E-state index contributed by atoms with van der Waals surface area (Å²) < 4.78 is 14.6. The van der Waals surface area contributed by atoms with Gasteiger partial charge < -0.3 is 10.2 Å². The molecule has 0 unspecified atom stereocenters. The summed E-state index contributed by atoms with van der Waals surface area (Å²) >= 11 is 0. The molecule has 24 heavy (non-hydrogen) atoms. The first-order valence-corrected chi connectivity index (χ1v) is 7.91. The fourth-order valence-electron chi connectivity index (χ4n) is 2.57. The van der Waals surface area contributed by atoms with E-state index in [-0.39, 0.29) is 30.0 Å². The number of aromatic nitrogens is 2. The number of anilines is 1. The molecule has 1 aromatic heterocycles. The number of likely N-dealkylation sites (tertiary alicyclic amines) is 1. The topological polar surface area (TPSA) is 67.2 Å². The zero-order chi connectivity index (χ0) is 17.1. The van der Waals surface area contributed by atoms with E-state index in [1.54, 1.807) is 34.0 Å². The number of nitrogens with zero attached hydrogens (tertiary/aromatic N) is 3. The molecule has 1 N–H and O–H groups in total. The van der Waals surface area contributed by atoms with E-state index in [2.05, 4.69) is 10.4 Å². The van der Waals surface area contributed by atoms with E-state index < -0.39 is 0 Å². The van der Waals surface area contributed by atoms with Gasteiger partial charge in [-0.25, -0.2) is 4.39 Å². The van der Waals surface area contributed by atoms with Gasteiger partial charge >= 0.3 is 0 Å². The van der Waals surface area contributed by atoms with Crippen LogP contribution in [-0.2, 0) is 22.6 Å². The number of carbonyl (C=O) groups excluding carboxylic acids is 2. The maximum Gasteiger partial charge on any atom is 0.232 e. The predicted molar refractivity (Wildman–Crippen MR) is 86.7 cm³/mol. The second kappa shape index (κ2) is 6.82. The Kier molecular flexibility index (Phi) is 4.59. The zero-order valence-corrected chi connectivity index (χ0v) is 13.4. The highest BCUT2D eigenvalue weighted by atomic mass is 19.1. The van der Waals surface area contributed by atoms with Crippen LogP contribution in [0.1, 0.15) is 12.5 Å². The first kappa shape index (κ1) is 16.2. The van der Waals surface area contributed by atoms with Gasteiger partial charge in [0.15, 0.2) is 5.82 Å². The molecule has 7 heteroatoms. The lowest BCUT2D eigenvalue weighted by molar-refractivity contribution is -0.140. The first-order valence-electron chi connectivity index (χ1n) is 7.91. The molecule has 1 fully saturated rings. The maximum absolute atomic E-state index is 12.9. The molecule has 0 bridgehead atoms. The lowest BCUT2D eigenvalue weighted by Gasteiger charge is -2.38. The van der Waals surface area contributed by atoms with Gasteiger partial charge in [0.25, 0.3) is 0 Å².